The first-order valence-electron chi connectivity index (χ1n) is 6.28. The summed E-state index contributed by atoms with van der Waals surface area (Å²) in [5, 5.41) is 9.66. The summed E-state index contributed by atoms with van der Waals surface area (Å²) < 4.78 is 7.17. The molecule has 110 valence electrons. The van der Waals surface area contributed by atoms with Crippen molar-refractivity contribution in [1.82, 2.24) is 9.55 Å². The zero-order valence-corrected chi connectivity index (χ0v) is 12.6. The molecule has 0 saturated carbocycles. The highest BCUT2D eigenvalue weighted by atomic mass is 32.2. The number of imidazole rings is 1. The van der Waals surface area contributed by atoms with E-state index < -0.39 is 5.97 Å². The van der Waals surface area contributed by atoms with Gasteiger partial charge in [-0.2, -0.15) is 0 Å². The van der Waals surface area contributed by atoms with Crippen molar-refractivity contribution in [3.63, 3.8) is 0 Å². The maximum atomic E-state index is 10.7. The molecule has 0 amide bonds. The van der Waals surface area contributed by atoms with Crippen molar-refractivity contribution >= 4 is 23.8 Å². The Kier molecular flexibility index (Phi) is 5.05. The predicted molar refractivity (Wildman–Crippen MR) is 82.4 cm³/mol. The molecule has 5 nitrogen and oxygen atoms in total. The number of methoxy groups -OCH3 is 1. The van der Waals surface area contributed by atoms with Crippen LogP contribution in [0.4, 0.5) is 0 Å². The zero-order valence-electron chi connectivity index (χ0n) is 11.8. The number of rotatable bonds is 6. The molecular formula is C15H16N2O3S. The van der Waals surface area contributed by atoms with E-state index in [9.17, 15) is 4.79 Å². The molecule has 0 fully saturated rings. The van der Waals surface area contributed by atoms with Gasteiger partial charge in [0.1, 0.15) is 5.75 Å². The largest absolute Gasteiger partial charge is 0.497 e. The molecule has 0 aliphatic rings. The summed E-state index contributed by atoms with van der Waals surface area (Å²) >= 11 is 1.59. The highest BCUT2D eigenvalue weighted by Gasteiger charge is 2.06. The Morgan fingerprint density at radius 3 is 2.95 bits per heavy atom. The molecule has 1 heterocycles. The van der Waals surface area contributed by atoms with E-state index in [1.54, 1.807) is 31.1 Å². The Labute approximate surface area is 127 Å². The second kappa shape index (κ2) is 6.99. The third-order valence-corrected chi connectivity index (χ3v) is 4.00. The topological polar surface area (TPSA) is 64.3 Å². The van der Waals surface area contributed by atoms with E-state index >= 15 is 0 Å². The molecule has 0 spiro atoms. The van der Waals surface area contributed by atoms with Crippen LogP contribution in [0.3, 0.4) is 0 Å². The van der Waals surface area contributed by atoms with Gasteiger partial charge < -0.3 is 14.4 Å². The van der Waals surface area contributed by atoms with Crippen molar-refractivity contribution in [3.8, 4) is 5.75 Å². The summed E-state index contributed by atoms with van der Waals surface area (Å²) in [7, 11) is 3.55. The van der Waals surface area contributed by atoms with Crippen molar-refractivity contribution in [1.29, 1.82) is 0 Å². The predicted octanol–water partition coefficient (Wildman–Crippen LogP) is 2.82. The number of hydrogen-bond acceptors (Lipinski definition) is 4. The average Bonchev–Trinajstić information content (AvgIpc) is 2.88. The van der Waals surface area contributed by atoms with Gasteiger partial charge in [0.15, 0.2) is 5.16 Å². The quantitative estimate of drug-likeness (QED) is 0.656. The summed E-state index contributed by atoms with van der Waals surface area (Å²) in [6.07, 6.45) is 6.37. The van der Waals surface area contributed by atoms with E-state index in [4.69, 9.17) is 9.84 Å². The maximum Gasteiger partial charge on any atom is 0.328 e. The molecule has 2 rings (SSSR count). The summed E-state index contributed by atoms with van der Waals surface area (Å²) in [5.74, 6) is 0.466. The summed E-state index contributed by atoms with van der Waals surface area (Å²) in [6, 6.07) is 5.58. The first-order valence-corrected chi connectivity index (χ1v) is 7.26. The molecule has 21 heavy (non-hydrogen) atoms. The van der Waals surface area contributed by atoms with Gasteiger partial charge >= 0.3 is 5.97 Å². The fourth-order valence-electron chi connectivity index (χ4n) is 1.79. The van der Waals surface area contributed by atoms with Crippen LogP contribution >= 0.6 is 11.8 Å². The molecule has 0 saturated heterocycles. The minimum absolute atomic E-state index is 0.682. The molecule has 0 bridgehead atoms. The number of carboxylic acids is 1. The van der Waals surface area contributed by atoms with E-state index in [1.807, 2.05) is 36.0 Å². The lowest BCUT2D eigenvalue weighted by atomic mass is 10.1. The number of ether oxygens (including phenoxy) is 1. The number of thioether (sulfide) groups is 1. The SMILES string of the molecule is COc1ccc(C=CC(=O)O)c(CSc2nccn2C)c1. The molecule has 0 aliphatic heterocycles. The molecular weight excluding hydrogens is 288 g/mol. The second-order valence-corrected chi connectivity index (χ2v) is 5.29. The van der Waals surface area contributed by atoms with Gasteiger partial charge in [-0.3, -0.25) is 0 Å². The first-order chi connectivity index (χ1) is 10.1. The lowest BCUT2D eigenvalue weighted by Crippen LogP contribution is -1.94. The minimum atomic E-state index is -0.964. The number of benzene rings is 1. The van der Waals surface area contributed by atoms with Crippen molar-refractivity contribution in [3.05, 3.63) is 47.8 Å². The van der Waals surface area contributed by atoms with Gasteiger partial charge in [0.05, 0.1) is 7.11 Å². The molecule has 1 aromatic carbocycles. The van der Waals surface area contributed by atoms with Gasteiger partial charge in [0.2, 0.25) is 0 Å². The van der Waals surface area contributed by atoms with E-state index in [0.717, 1.165) is 28.1 Å². The third kappa shape index (κ3) is 4.13. The number of carboxylic acid groups (broad SMARTS) is 1. The monoisotopic (exact) mass is 304 g/mol. The van der Waals surface area contributed by atoms with Crippen molar-refractivity contribution in [2.24, 2.45) is 7.05 Å². The van der Waals surface area contributed by atoms with Crippen molar-refractivity contribution in [2.45, 2.75) is 10.9 Å². The number of carbonyl (C=O) groups is 1. The van der Waals surface area contributed by atoms with Crippen LogP contribution in [0.15, 0.2) is 41.8 Å². The second-order valence-electron chi connectivity index (χ2n) is 4.35. The van der Waals surface area contributed by atoms with Gasteiger partial charge in [-0.1, -0.05) is 17.8 Å². The van der Waals surface area contributed by atoms with Gasteiger partial charge in [-0.15, -0.1) is 0 Å². The average molecular weight is 304 g/mol. The van der Waals surface area contributed by atoms with E-state index in [1.165, 1.54) is 0 Å². The summed E-state index contributed by atoms with van der Waals surface area (Å²) in [4.78, 5) is 14.9. The van der Waals surface area contributed by atoms with Gasteiger partial charge in [-0.05, 0) is 29.3 Å². The van der Waals surface area contributed by atoms with Crippen LogP contribution in [-0.2, 0) is 17.6 Å². The normalized spacial score (nSPS) is 11.0. The molecule has 2 aromatic rings. The van der Waals surface area contributed by atoms with Crippen LogP contribution in [0.2, 0.25) is 0 Å². The van der Waals surface area contributed by atoms with Crippen LogP contribution in [0.25, 0.3) is 6.08 Å². The number of aliphatic carboxylic acids is 1. The Morgan fingerprint density at radius 1 is 1.52 bits per heavy atom. The molecule has 0 unspecified atom stereocenters. The lowest BCUT2D eigenvalue weighted by molar-refractivity contribution is -0.131. The maximum absolute atomic E-state index is 10.7. The van der Waals surface area contributed by atoms with Crippen molar-refractivity contribution < 1.29 is 14.6 Å². The van der Waals surface area contributed by atoms with E-state index in [2.05, 4.69) is 4.98 Å². The van der Waals surface area contributed by atoms with Gasteiger partial charge in [0.25, 0.3) is 0 Å². The fourth-order valence-corrected chi connectivity index (χ4v) is 2.73. The molecule has 0 atom stereocenters. The van der Waals surface area contributed by atoms with Crippen LogP contribution in [-0.4, -0.2) is 27.7 Å². The summed E-state index contributed by atoms with van der Waals surface area (Å²) in [5.41, 5.74) is 1.86. The smallest absolute Gasteiger partial charge is 0.328 e. The zero-order chi connectivity index (χ0) is 15.2. The minimum Gasteiger partial charge on any atom is -0.497 e. The molecule has 0 aliphatic carbocycles. The Bertz CT molecular complexity index is 665. The molecule has 0 radical (unpaired) electrons. The Morgan fingerprint density at radius 2 is 2.33 bits per heavy atom. The third-order valence-electron chi connectivity index (χ3n) is 2.89. The number of nitrogens with zero attached hydrogens (tertiary/aromatic N) is 2. The van der Waals surface area contributed by atoms with Gasteiger partial charge in [0, 0.05) is 31.3 Å². The number of aryl methyl sites for hydroxylation is 1. The first kappa shape index (κ1) is 15.2. The van der Waals surface area contributed by atoms with Crippen LogP contribution in [0.1, 0.15) is 11.1 Å². The molecule has 1 aromatic heterocycles. The van der Waals surface area contributed by atoms with Crippen molar-refractivity contribution in [2.75, 3.05) is 7.11 Å². The van der Waals surface area contributed by atoms with Crippen LogP contribution < -0.4 is 4.74 Å². The fraction of sp³-hybridized carbons (Fsp3) is 0.200. The van der Waals surface area contributed by atoms with E-state index in [0.29, 0.717) is 5.75 Å². The van der Waals surface area contributed by atoms with Crippen LogP contribution in [0, 0.1) is 0 Å². The lowest BCUT2D eigenvalue weighted by Gasteiger charge is -2.08. The summed E-state index contributed by atoms with van der Waals surface area (Å²) in [6.45, 7) is 0. The van der Waals surface area contributed by atoms with Gasteiger partial charge in [-0.25, -0.2) is 9.78 Å². The molecule has 6 heteroatoms. The number of aromatic nitrogens is 2. The molecule has 1 N–H and O–H groups in total. The Hall–Kier alpha value is -2.21. The highest BCUT2D eigenvalue weighted by molar-refractivity contribution is 7.98. The highest BCUT2D eigenvalue weighted by Crippen LogP contribution is 2.26. The van der Waals surface area contributed by atoms with Crippen LogP contribution in [0.5, 0.6) is 5.75 Å². The van der Waals surface area contributed by atoms with E-state index in [-0.39, 0.29) is 0 Å². The number of hydrogen-bond donors (Lipinski definition) is 1. The Balaban J connectivity index is 2.22. The standard InChI is InChI=1S/C15H16N2O3S/c1-17-8-7-16-15(17)21-10-12-9-13(20-2)5-3-11(12)4-6-14(18)19/h3-9H,10H2,1-2H3,(H,18,19).